The molecule has 0 aliphatic heterocycles. The lowest BCUT2D eigenvalue weighted by Gasteiger charge is -2.18. The Balaban J connectivity index is 1.73. The van der Waals surface area contributed by atoms with E-state index in [4.69, 9.17) is 0 Å². The number of thiazole rings is 1. The standard InChI is InChI=1S/C21H22N2OS/c1-14-5-7-15(8-6-14)9-12-19(24)23-20-22-17-11-10-16(21(2,3)4)13-18(17)25-20/h5-13H,1-4H3,(H,22,23,24)/b12-9+. The maximum atomic E-state index is 12.1. The van der Waals surface area contributed by atoms with E-state index in [-0.39, 0.29) is 11.3 Å². The topological polar surface area (TPSA) is 42.0 Å². The molecule has 0 bridgehead atoms. The van der Waals surface area contributed by atoms with Crippen molar-refractivity contribution in [3.8, 4) is 0 Å². The van der Waals surface area contributed by atoms with E-state index in [1.807, 2.05) is 37.3 Å². The molecular weight excluding hydrogens is 328 g/mol. The molecule has 128 valence electrons. The van der Waals surface area contributed by atoms with Crippen LogP contribution in [0.1, 0.15) is 37.5 Å². The minimum Gasteiger partial charge on any atom is -0.298 e. The number of nitrogens with one attached hydrogen (secondary N) is 1. The first-order valence-electron chi connectivity index (χ1n) is 8.28. The van der Waals surface area contributed by atoms with Crippen molar-refractivity contribution in [2.45, 2.75) is 33.1 Å². The number of aryl methyl sites for hydroxylation is 1. The molecule has 3 aromatic rings. The number of carbonyl (C=O) groups is 1. The van der Waals surface area contributed by atoms with Crippen LogP contribution < -0.4 is 5.32 Å². The zero-order valence-corrected chi connectivity index (χ0v) is 15.8. The number of rotatable bonds is 3. The largest absolute Gasteiger partial charge is 0.298 e. The Morgan fingerprint density at radius 2 is 1.84 bits per heavy atom. The number of hydrogen-bond acceptors (Lipinski definition) is 3. The van der Waals surface area contributed by atoms with Crippen molar-refractivity contribution >= 4 is 38.7 Å². The van der Waals surface area contributed by atoms with Crippen LogP contribution in [0.3, 0.4) is 0 Å². The molecule has 2 aromatic carbocycles. The van der Waals surface area contributed by atoms with Gasteiger partial charge in [0.25, 0.3) is 0 Å². The molecule has 0 atom stereocenters. The van der Waals surface area contributed by atoms with Gasteiger partial charge in [-0.15, -0.1) is 0 Å². The van der Waals surface area contributed by atoms with Crippen LogP contribution >= 0.6 is 11.3 Å². The van der Waals surface area contributed by atoms with Gasteiger partial charge in [-0.25, -0.2) is 4.98 Å². The highest BCUT2D eigenvalue weighted by Crippen LogP contribution is 2.31. The van der Waals surface area contributed by atoms with Crippen molar-refractivity contribution in [1.29, 1.82) is 0 Å². The van der Waals surface area contributed by atoms with Crippen molar-refractivity contribution in [3.63, 3.8) is 0 Å². The number of hydrogen-bond donors (Lipinski definition) is 1. The van der Waals surface area contributed by atoms with Crippen LogP contribution in [-0.4, -0.2) is 10.9 Å². The van der Waals surface area contributed by atoms with Gasteiger partial charge in [0.15, 0.2) is 5.13 Å². The molecule has 25 heavy (non-hydrogen) atoms. The van der Waals surface area contributed by atoms with E-state index in [1.165, 1.54) is 28.5 Å². The summed E-state index contributed by atoms with van der Waals surface area (Å²) in [4.78, 5) is 16.6. The molecule has 0 fully saturated rings. The Bertz CT molecular complexity index is 931. The molecule has 1 N–H and O–H groups in total. The predicted octanol–water partition coefficient (Wildman–Crippen LogP) is 5.55. The minimum absolute atomic E-state index is 0.0956. The molecule has 4 heteroatoms. The summed E-state index contributed by atoms with van der Waals surface area (Å²) in [5, 5.41) is 3.48. The molecule has 0 aliphatic rings. The molecule has 0 saturated heterocycles. The average molecular weight is 350 g/mol. The van der Waals surface area contributed by atoms with Crippen LogP contribution in [0.5, 0.6) is 0 Å². The van der Waals surface area contributed by atoms with Gasteiger partial charge in [-0.05, 0) is 41.7 Å². The Labute approximate surface area is 152 Å². The smallest absolute Gasteiger partial charge is 0.250 e. The minimum atomic E-state index is -0.171. The highest BCUT2D eigenvalue weighted by atomic mass is 32.1. The summed E-state index contributed by atoms with van der Waals surface area (Å²) >= 11 is 1.50. The first-order chi connectivity index (χ1) is 11.8. The average Bonchev–Trinajstić information content (AvgIpc) is 2.94. The second-order valence-corrected chi connectivity index (χ2v) is 8.22. The van der Waals surface area contributed by atoms with Gasteiger partial charge in [-0.3, -0.25) is 10.1 Å². The van der Waals surface area contributed by atoms with Crippen molar-refractivity contribution in [2.75, 3.05) is 5.32 Å². The van der Waals surface area contributed by atoms with Crippen molar-refractivity contribution < 1.29 is 4.79 Å². The number of amides is 1. The van der Waals surface area contributed by atoms with E-state index >= 15 is 0 Å². The highest BCUT2D eigenvalue weighted by molar-refractivity contribution is 7.22. The molecule has 1 aromatic heterocycles. The fraction of sp³-hybridized carbons (Fsp3) is 0.238. The third kappa shape index (κ3) is 4.34. The van der Waals surface area contributed by atoms with Gasteiger partial charge in [0, 0.05) is 6.08 Å². The number of carbonyl (C=O) groups excluding carboxylic acids is 1. The zero-order valence-electron chi connectivity index (χ0n) is 15.0. The summed E-state index contributed by atoms with van der Waals surface area (Å²) in [7, 11) is 0. The van der Waals surface area contributed by atoms with Crippen LogP contribution in [0.15, 0.2) is 48.5 Å². The first kappa shape index (κ1) is 17.4. The first-order valence-corrected chi connectivity index (χ1v) is 9.10. The van der Waals surface area contributed by atoms with Gasteiger partial charge in [0.1, 0.15) is 0 Å². The lowest BCUT2D eigenvalue weighted by molar-refractivity contribution is -0.111. The quantitative estimate of drug-likeness (QED) is 0.629. The van der Waals surface area contributed by atoms with Gasteiger partial charge in [-0.1, -0.05) is 68.0 Å². The van der Waals surface area contributed by atoms with E-state index in [0.717, 1.165) is 15.8 Å². The molecule has 1 heterocycles. The van der Waals surface area contributed by atoms with E-state index < -0.39 is 0 Å². The Morgan fingerprint density at radius 1 is 1.12 bits per heavy atom. The third-order valence-corrected chi connectivity index (χ3v) is 4.92. The van der Waals surface area contributed by atoms with Crippen LogP contribution in [0.25, 0.3) is 16.3 Å². The molecule has 0 unspecified atom stereocenters. The van der Waals surface area contributed by atoms with Crippen LogP contribution in [-0.2, 0) is 10.2 Å². The monoisotopic (exact) mass is 350 g/mol. The fourth-order valence-corrected chi connectivity index (χ4v) is 3.35. The van der Waals surface area contributed by atoms with E-state index in [9.17, 15) is 4.79 Å². The summed E-state index contributed by atoms with van der Waals surface area (Å²) in [5.74, 6) is -0.171. The second kappa shape index (κ2) is 6.81. The molecule has 0 saturated carbocycles. The number of nitrogens with zero attached hydrogens (tertiary/aromatic N) is 1. The predicted molar refractivity (Wildman–Crippen MR) is 107 cm³/mol. The van der Waals surface area contributed by atoms with Gasteiger partial charge in [0.2, 0.25) is 5.91 Å². The molecule has 0 aliphatic carbocycles. The van der Waals surface area contributed by atoms with Gasteiger partial charge < -0.3 is 0 Å². The second-order valence-electron chi connectivity index (χ2n) is 7.18. The molecule has 3 nitrogen and oxygen atoms in total. The maximum absolute atomic E-state index is 12.1. The lowest BCUT2D eigenvalue weighted by Crippen LogP contribution is -2.10. The zero-order chi connectivity index (χ0) is 18.0. The van der Waals surface area contributed by atoms with Crippen LogP contribution in [0.2, 0.25) is 0 Å². The third-order valence-electron chi connectivity index (χ3n) is 3.99. The lowest BCUT2D eigenvalue weighted by atomic mass is 9.87. The van der Waals surface area contributed by atoms with E-state index in [2.05, 4.69) is 43.2 Å². The Morgan fingerprint density at radius 3 is 2.52 bits per heavy atom. The highest BCUT2D eigenvalue weighted by Gasteiger charge is 2.15. The molecule has 1 amide bonds. The number of aromatic nitrogens is 1. The Kier molecular flexibility index (Phi) is 4.73. The SMILES string of the molecule is Cc1ccc(/C=C/C(=O)Nc2nc3ccc(C(C)(C)C)cc3s2)cc1. The van der Waals surface area contributed by atoms with E-state index in [1.54, 1.807) is 6.08 Å². The van der Waals surface area contributed by atoms with Crippen LogP contribution in [0, 0.1) is 6.92 Å². The summed E-state index contributed by atoms with van der Waals surface area (Å²) in [6.45, 7) is 8.60. The summed E-state index contributed by atoms with van der Waals surface area (Å²) in [5.41, 5.74) is 4.47. The molecule has 3 rings (SSSR count). The number of anilines is 1. The molecule has 0 spiro atoms. The number of benzene rings is 2. The number of fused-ring (bicyclic) bond motifs is 1. The summed E-state index contributed by atoms with van der Waals surface area (Å²) in [6.07, 6.45) is 3.34. The van der Waals surface area contributed by atoms with Crippen molar-refractivity contribution in [2.24, 2.45) is 0 Å². The van der Waals surface area contributed by atoms with Gasteiger partial charge >= 0.3 is 0 Å². The van der Waals surface area contributed by atoms with E-state index in [0.29, 0.717) is 5.13 Å². The summed E-state index contributed by atoms with van der Waals surface area (Å²) < 4.78 is 1.09. The van der Waals surface area contributed by atoms with Crippen molar-refractivity contribution in [1.82, 2.24) is 4.98 Å². The molecular formula is C21H22N2OS. The van der Waals surface area contributed by atoms with Gasteiger partial charge in [0.05, 0.1) is 10.2 Å². The normalized spacial score (nSPS) is 12.0. The fourth-order valence-electron chi connectivity index (χ4n) is 2.44. The maximum Gasteiger partial charge on any atom is 0.250 e. The summed E-state index contributed by atoms with van der Waals surface area (Å²) in [6, 6.07) is 14.3. The van der Waals surface area contributed by atoms with Crippen molar-refractivity contribution in [3.05, 3.63) is 65.2 Å². The van der Waals surface area contributed by atoms with Crippen LogP contribution in [0.4, 0.5) is 5.13 Å². The van der Waals surface area contributed by atoms with Gasteiger partial charge in [-0.2, -0.15) is 0 Å². The molecule has 0 radical (unpaired) electrons. The Hall–Kier alpha value is -2.46.